The molecule has 1 aliphatic heterocycles. The van der Waals surface area contributed by atoms with Gasteiger partial charge in [0.25, 0.3) is 0 Å². The van der Waals surface area contributed by atoms with Crippen LogP contribution < -0.4 is 10.6 Å². The summed E-state index contributed by atoms with van der Waals surface area (Å²) in [5.41, 5.74) is 7.86. The fourth-order valence-electron chi connectivity index (χ4n) is 4.24. The molecule has 1 saturated heterocycles. The highest BCUT2D eigenvalue weighted by Crippen LogP contribution is 2.40. The van der Waals surface area contributed by atoms with Crippen molar-refractivity contribution in [1.29, 1.82) is 0 Å². The number of anilines is 1. The van der Waals surface area contributed by atoms with Crippen LogP contribution in [-0.2, 0) is 0 Å². The van der Waals surface area contributed by atoms with E-state index in [1.165, 1.54) is 31.4 Å². The largest absolute Gasteiger partial charge is 0.369 e. The van der Waals surface area contributed by atoms with Crippen LogP contribution in [0.1, 0.15) is 32.6 Å². The summed E-state index contributed by atoms with van der Waals surface area (Å²) in [6, 6.07) is 10.8. The second-order valence-corrected chi connectivity index (χ2v) is 6.76. The lowest BCUT2D eigenvalue weighted by atomic mass is 9.92. The molecule has 2 atom stereocenters. The standard InChI is InChI=1S/C18H29N3/c1-2-16-8-9-18(14-16,15-19)21-12-10-20(11-13-21)17-6-4-3-5-7-17/h3-7,16H,2,8-15,19H2,1H3. The number of benzene rings is 1. The molecular weight excluding hydrogens is 258 g/mol. The Morgan fingerprint density at radius 2 is 1.86 bits per heavy atom. The molecule has 1 aromatic rings. The van der Waals surface area contributed by atoms with Crippen molar-refractivity contribution in [3.8, 4) is 0 Å². The van der Waals surface area contributed by atoms with Crippen molar-refractivity contribution in [2.45, 2.75) is 38.1 Å². The highest BCUT2D eigenvalue weighted by Gasteiger charge is 2.42. The van der Waals surface area contributed by atoms with Gasteiger partial charge in [0, 0.05) is 44.0 Å². The molecule has 1 saturated carbocycles. The molecule has 116 valence electrons. The van der Waals surface area contributed by atoms with Crippen molar-refractivity contribution in [2.75, 3.05) is 37.6 Å². The first-order valence-corrected chi connectivity index (χ1v) is 8.52. The van der Waals surface area contributed by atoms with Crippen LogP contribution in [0.5, 0.6) is 0 Å². The Morgan fingerprint density at radius 3 is 2.43 bits per heavy atom. The molecule has 0 bridgehead atoms. The number of piperazine rings is 1. The van der Waals surface area contributed by atoms with Gasteiger partial charge in [-0.15, -0.1) is 0 Å². The molecule has 3 nitrogen and oxygen atoms in total. The van der Waals surface area contributed by atoms with E-state index in [1.807, 2.05) is 0 Å². The normalized spacial score (nSPS) is 30.8. The summed E-state index contributed by atoms with van der Waals surface area (Å²) in [5.74, 6) is 0.890. The van der Waals surface area contributed by atoms with Gasteiger partial charge < -0.3 is 10.6 Å². The lowest BCUT2D eigenvalue weighted by molar-refractivity contribution is 0.0879. The molecule has 1 aliphatic carbocycles. The molecule has 1 heterocycles. The van der Waals surface area contributed by atoms with Gasteiger partial charge in [-0.3, -0.25) is 4.90 Å². The minimum atomic E-state index is 0.295. The monoisotopic (exact) mass is 287 g/mol. The first-order chi connectivity index (χ1) is 10.3. The van der Waals surface area contributed by atoms with Crippen LogP contribution in [0, 0.1) is 5.92 Å². The van der Waals surface area contributed by atoms with Crippen LogP contribution in [-0.4, -0.2) is 43.2 Å². The SMILES string of the molecule is CCC1CCC(CN)(N2CCN(c3ccccc3)CC2)C1. The Labute approximate surface area is 129 Å². The van der Waals surface area contributed by atoms with Crippen molar-refractivity contribution in [1.82, 2.24) is 4.90 Å². The summed E-state index contributed by atoms with van der Waals surface area (Å²) in [6.45, 7) is 7.72. The summed E-state index contributed by atoms with van der Waals surface area (Å²) in [5, 5.41) is 0. The number of hydrogen-bond donors (Lipinski definition) is 1. The quantitative estimate of drug-likeness (QED) is 0.924. The number of nitrogens with zero attached hydrogens (tertiary/aromatic N) is 2. The van der Waals surface area contributed by atoms with E-state index in [1.54, 1.807) is 0 Å². The van der Waals surface area contributed by atoms with Crippen molar-refractivity contribution in [3.05, 3.63) is 30.3 Å². The Hall–Kier alpha value is -1.06. The smallest absolute Gasteiger partial charge is 0.0367 e. The second-order valence-electron chi connectivity index (χ2n) is 6.76. The summed E-state index contributed by atoms with van der Waals surface area (Å²) in [7, 11) is 0. The fraction of sp³-hybridized carbons (Fsp3) is 0.667. The Bertz CT molecular complexity index is 439. The average molecular weight is 287 g/mol. The molecular formula is C18H29N3. The molecule has 21 heavy (non-hydrogen) atoms. The van der Waals surface area contributed by atoms with Gasteiger partial charge >= 0.3 is 0 Å². The van der Waals surface area contributed by atoms with Crippen molar-refractivity contribution >= 4 is 5.69 Å². The van der Waals surface area contributed by atoms with Crippen LogP contribution >= 0.6 is 0 Å². The summed E-state index contributed by atoms with van der Waals surface area (Å²) >= 11 is 0. The molecule has 2 N–H and O–H groups in total. The second kappa shape index (κ2) is 6.37. The number of nitrogens with two attached hydrogens (primary N) is 1. The van der Waals surface area contributed by atoms with E-state index in [0.717, 1.165) is 38.6 Å². The van der Waals surface area contributed by atoms with Gasteiger partial charge in [0.2, 0.25) is 0 Å². The lowest BCUT2D eigenvalue weighted by Crippen LogP contribution is -2.59. The maximum Gasteiger partial charge on any atom is 0.0367 e. The molecule has 0 amide bonds. The van der Waals surface area contributed by atoms with Crippen LogP contribution in [0.15, 0.2) is 30.3 Å². The maximum atomic E-state index is 6.21. The van der Waals surface area contributed by atoms with Crippen LogP contribution in [0.2, 0.25) is 0 Å². The van der Waals surface area contributed by atoms with E-state index in [0.29, 0.717) is 5.54 Å². The predicted octanol–water partition coefficient (Wildman–Crippen LogP) is 2.72. The lowest BCUT2D eigenvalue weighted by Gasteiger charge is -2.46. The highest BCUT2D eigenvalue weighted by atomic mass is 15.3. The highest BCUT2D eigenvalue weighted by molar-refractivity contribution is 5.46. The predicted molar refractivity (Wildman–Crippen MR) is 89.6 cm³/mol. The zero-order valence-electron chi connectivity index (χ0n) is 13.3. The third-order valence-corrected chi connectivity index (χ3v) is 5.72. The molecule has 2 aliphatic rings. The zero-order chi connectivity index (χ0) is 14.7. The van der Waals surface area contributed by atoms with Gasteiger partial charge in [-0.2, -0.15) is 0 Å². The first-order valence-electron chi connectivity index (χ1n) is 8.52. The average Bonchev–Trinajstić information content (AvgIpc) is 3.01. The van der Waals surface area contributed by atoms with E-state index < -0.39 is 0 Å². The van der Waals surface area contributed by atoms with E-state index in [2.05, 4.69) is 47.1 Å². The third kappa shape index (κ3) is 2.95. The van der Waals surface area contributed by atoms with E-state index in [9.17, 15) is 0 Å². The summed E-state index contributed by atoms with van der Waals surface area (Å²) < 4.78 is 0. The summed E-state index contributed by atoms with van der Waals surface area (Å²) in [4.78, 5) is 5.20. The topological polar surface area (TPSA) is 32.5 Å². The Balaban J connectivity index is 1.62. The molecule has 1 aromatic carbocycles. The van der Waals surface area contributed by atoms with Crippen LogP contribution in [0.25, 0.3) is 0 Å². The Kier molecular flexibility index (Phi) is 4.51. The van der Waals surface area contributed by atoms with Crippen LogP contribution in [0.4, 0.5) is 5.69 Å². The van der Waals surface area contributed by atoms with Gasteiger partial charge in [0.15, 0.2) is 0 Å². The third-order valence-electron chi connectivity index (χ3n) is 5.72. The minimum absolute atomic E-state index is 0.295. The van der Waals surface area contributed by atoms with Gasteiger partial charge in [0.1, 0.15) is 0 Å². The van der Waals surface area contributed by atoms with E-state index >= 15 is 0 Å². The van der Waals surface area contributed by atoms with Gasteiger partial charge in [-0.25, -0.2) is 0 Å². The van der Waals surface area contributed by atoms with E-state index in [-0.39, 0.29) is 0 Å². The molecule has 3 rings (SSSR count). The fourth-order valence-corrected chi connectivity index (χ4v) is 4.24. The number of rotatable bonds is 4. The van der Waals surface area contributed by atoms with Crippen molar-refractivity contribution < 1.29 is 0 Å². The van der Waals surface area contributed by atoms with E-state index in [4.69, 9.17) is 5.73 Å². The molecule has 0 spiro atoms. The summed E-state index contributed by atoms with van der Waals surface area (Å²) in [6.07, 6.45) is 5.29. The molecule has 0 aromatic heterocycles. The molecule has 2 unspecified atom stereocenters. The van der Waals surface area contributed by atoms with Gasteiger partial charge in [-0.1, -0.05) is 31.5 Å². The number of para-hydroxylation sites is 1. The maximum absolute atomic E-state index is 6.21. The molecule has 2 fully saturated rings. The van der Waals surface area contributed by atoms with Crippen molar-refractivity contribution in [2.24, 2.45) is 11.7 Å². The first kappa shape index (κ1) is 14.9. The number of hydrogen-bond acceptors (Lipinski definition) is 3. The zero-order valence-corrected chi connectivity index (χ0v) is 13.3. The Morgan fingerprint density at radius 1 is 1.14 bits per heavy atom. The molecule has 3 heteroatoms. The minimum Gasteiger partial charge on any atom is -0.369 e. The van der Waals surface area contributed by atoms with Crippen LogP contribution in [0.3, 0.4) is 0 Å². The van der Waals surface area contributed by atoms with Gasteiger partial charge in [-0.05, 0) is 37.3 Å². The van der Waals surface area contributed by atoms with Gasteiger partial charge in [0.05, 0.1) is 0 Å². The van der Waals surface area contributed by atoms with Crippen molar-refractivity contribution in [3.63, 3.8) is 0 Å². The molecule has 0 radical (unpaired) electrons.